The third-order valence-corrected chi connectivity index (χ3v) is 2.67. The summed E-state index contributed by atoms with van der Waals surface area (Å²) in [4.78, 5) is 23.1. The maximum absolute atomic E-state index is 11.7. The highest BCUT2D eigenvalue weighted by Crippen LogP contribution is 2.01. The molecule has 0 aromatic carbocycles. The highest BCUT2D eigenvalue weighted by molar-refractivity contribution is 5.92. The first-order chi connectivity index (χ1) is 9.56. The number of pyridine rings is 1. The summed E-state index contributed by atoms with van der Waals surface area (Å²) in [6.45, 7) is 1.81. The Morgan fingerprint density at radius 2 is 2.35 bits per heavy atom. The van der Waals surface area contributed by atoms with Crippen molar-refractivity contribution in [2.75, 3.05) is 6.54 Å². The first kappa shape index (κ1) is 14.0. The predicted molar refractivity (Wildman–Crippen MR) is 70.3 cm³/mol. The highest BCUT2D eigenvalue weighted by Gasteiger charge is 2.13. The molecule has 0 aliphatic carbocycles. The second kappa shape index (κ2) is 6.16. The number of aliphatic hydroxyl groups excluding tert-OH is 1. The summed E-state index contributed by atoms with van der Waals surface area (Å²) in [5, 5.41) is 15.9. The minimum atomic E-state index is -0.868. The molecule has 106 valence electrons. The zero-order valence-corrected chi connectivity index (χ0v) is 10.9. The number of hydrogen-bond acceptors (Lipinski definition) is 5. The lowest BCUT2D eigenvalue weighted by Crippen LogP contribution is -2.36. The topological polar surface area (TPSA) is 97.4 Å². The molecule has 1 atom stereocenters. The van der Waals surface area contributed by atoms with Crippen molar-refractivity contribution < 1.29 is 14.4 Å². The summed E-state index contributed by atoms with van der Waals surface area (Å²) < 4.78 is 6.16. The van der Waals surface area contributed by atoms with Crippen molar-refractivity contribution in [2.24, 2.45) is 0 Å². The van der Waals surface area contributed by atoms with Crippen LogP contribution in [0.1, 0.15) is 16.2 Å². The number of amides is 1. The van der Waals surface area contributed by atoms with Crippen molar-refractivity contribution in [1.29, 1.82) is 0 Å². The molecule has 0 bridgehead atoms. The van der Waals surface area contributed by atoms with Gasteiger partial charge >= 0.3 is 0 Å². The Hall–Kier alpha value is -2.41. The number of aryl methyl sites for hydroxylation is 1. The van der Waals surface area contributed by atoms with Gasteiger partial charge in [-0.15, -0.1) is 0 Å². The molecule has 2 aromatic rings. The molecule has 0 fully saturated rings. The van der Waals surface area contributed by atoms with Crippen LogP contribution in [0, 0.1) is 6.92 Å². The largest absolute Gasteiger partial charge is 0.389 e. The lowest BCUT2D eigenvalue weighted by molar-refractivity contribution is 0.0894. The van der Waals surface area contributed by atoms with E-state index in [1.54, 1.807) is 25.3 Å². The van der Waals surface area contributed by atoms with E-state index >= 15 is 0 Å². The fraction of sp³-hybridized carbons (Fsp3) is 0.308. The lowest BCUT2D eigenvalue weighted by atomic mass is 10.3. The number of nitrogens with zero attached hydrogens (tertiary/aromatic N) is 2. The molecule has 0 saturated carbocycles. The van der Waals surface area contributed by atoms with Gasteiger partial charge in [0.15, 0.2) is 5.69 Å². The fourth-order valence-corrected chi connectivity index (χ4v) is 1.68. The Morgan fingerprint density at radius 1 is 1.55 bits per heavy atom. The molecule has 0 saturated heterocycles. The minimum absolute atomic E-state index is 0.0199. The second-order valence-electron chi connectivity index (χ2n) is 4.38. The van der Waals surface area contributed by atoms with E-state index in [9.17, 15) is 14.7 Å². The van der Waals surface area contributed by atoms with Gasteiger partial charge in [-0.05, 0) is 13.0 Å². The molecule has 1 unspecified atom stereocenters. The normalized spacial score (nSPS) is 12.1. The summed E-state index contributed by atoms with van der Waals surface area (Å²) in [5.74, 6) is 0.104. The number of carbonyl (C=O) groups is 1. The van der Waals surface area contributed by atoms with Crippen molar-refractivity contribution in [3.63, 3.8) is 0 Å². The van der Waals surface area contributed by atoms with E-state index in [0.29, 0.717) is 5.76 Å². The van der Waals surface area contributed by atoms with Crippen LogP contribution in [0.2, 0.25) is 0 Å². The van der Waals surface area contributed by atoms with Crippen LogP contribution in [0.15, 0.2) is 39.8 Å². The molecule has 0 spiro atoms. The van der Waals surface area contributed by atoms with Gasteiger partial charge in [-0.2, -0.15) is 0 Å². The van der Waals surface area contributed by atoms with Crippen LogP contribution in [0.4, 0.5) is 0 Å². The molecular weight excluding hydrogens is 262 g/mol. The third-order valence-electron chi connectivity index (χ3n) is 2.67. The second-order valence-corrected chi connectivity index (χ2v) is 4.38. The molecule has 0 radical (unpaired) electrons. The maximum Gasteiger partial charge on any atom is 0.273 e. The van der Waals surface area contributed by atoms with Crippen LogP contribution in [-0.4, -0.2) is 33.4 Å². The van der Waals surface area contributed by atoms with Crippen LogP contribution in [0.25, 0.3) is 0 Å². The van der Waals surface area contributed by atoms with Gasteiger partial charge < -0.3 is 19.5 Å². The monoisotopic (exact) mass is 277 g/mol. The summed E-state index contributed by atoms with van der Waals surface area (Å²) >= 11 is 0. The van der Waals surface area contributed by atoms with E-state index in [0.717, 1.165) is 0 Å². The number of aliphatic hydroxyl groups is 1. The average molecular weight is 277 g/mol. The smallest absolute Gasteiger partial charge is 0.273 e. The zero-order chi connectivity index (χ0) is 14.5. The Bertz CT molecular complexity index is 647. The Balaban J connectivity index is 1.86. The maximum atomic E-state index is 11.7. The predicted octanol–water partition coefficient (Wildman–Crippen LogP) is -0.0644. The molecule has 1 amide bonds. The average Bonchev–Trinajstić information content (AvgIpc) is 2.85. The van der Waals surface area contributed by atoms with Crippen molar-refractivity contribution in [2.45, 2.75) is 19.6 Å². The Morgan fingerprint density at radius 3 is 3.00 bits per heavy atom. The zero-order valence-electron chi connectivity index (χ0n) is 10.9. The van der Waals surface area contributed by atoms with Gasteiger partial charge in [0.1, 0.15) is 5.76 Å². The molecule has 0 aliphatic rings. The molecule has 7 heteroatoms. The number of nitrogens with one attached hydrogen (secondary N) is 1. The fourth-order valence-electron chi connectivity index (χ4n) is 1.68. The standard InChI is InChI=1S/C13H15N3O4/c1-9-6-11(15-20-9)13(19)14-7-10(17)8-16-5-3-2-4-12(16)18/h2-6,10,17H,7-8H2,1H3,(H,14,19). The van der Waals surface area contributed by atoms with E-state index in [2.05, 4.69) is 10.5 Å². The summed E-state index contributed by atoms with van der Waals surface area (Å²) in [7, 11) is 0. The third kappa shape index (κ3) is 3.55. The first-order valence-corrected chi connectivity index (χ1v) is 6.11. The van der Waals surface area contributed by atoms with Gasteiger partial charge in [0.25, 0.3) is 11.5 Å². The van der Waals surface area contributed by atoms with Gasteiger partial charge in [0.05, 0.1) is 12.6 Å². The SMILES string of the molecule is Cc1cc(C(=O)NCC(O)Cn2ccccc2=O)no1. The van der Waals surface area contributed by atoms with Gasteiger partial charge in [-0.3, -0.25) is 9.59 Å². The highest BCUT2D eigenvalue weighted by atomic mass is 16.5. The summed E-state index contributed by atoms with van der Waals surface area (Å²) in [6, 6.07) is 6.23. The van der Waals surface area contributed by atoms with Crippen molar-refractivity contribution in [3.05, 3.63) is 52.3 Å². The van der Waals surface area contributed by atoms with Gasteiger partial charge in [-0.1, -0.05) is 11.2 Å². The van der Waals surface area contributed by atoms with Crippen molar-refractivity contribution in [3.8, 4) is 0 Å². The van der Waals surface area contributed by atoms with Crippen LogP contribution < -0.4 is 10.9 Å². The molecule has 7 nitrogen and oxygen atoms in total. The lowest BCUT2D eigenvalue weighted by Gasteiger charge is -2.12. The van der Waals surface area contributed by atoms with Crippen LogP contribution in [0.3, 0.4) is 0 Å². The summed E-state index contributed by atoms with van der Waals surface area (Å²) in [6.07, 6.45) is 0.709. The molecule has 2 rings (SSSR count). The van der Waals surface area contributed by atoms with Gasteiger partial charge in [-0.25, -0.2) is 0 Å². The van der Waals surface area contributed by atoms with E-state index in [1.165, 1.54) is 16.7 Å². The number of rotatable bonds is 5. The van der Waals surface area contributed by atoms with E-state index in [4.69, 9.17) is 4.52 Å². The van der Waals surface area contributed by atoms with Crippen LogP contribution in [-0.2, 0) is 6.54 Å². The number of carbonyl (C=O) groups excluding carboxylic acids is 1. The minimum Gasteiger partial charge on any atom is -0.389 e. The Kier molecular flexibility index (Phi) is 4.31. The first-order valence-electron chi connectivity index (χ1n) is 6.11. The van der Waals surface area contributed by atoms with Crippen LogP contribution >= 0.6 is 0 Å². The van der Waals surface area contributed by atoms with E-state index in [1.807, 2.05) is 0 Å². The molecule has 20 heavy (non-hydrogen) atoms. The van der Waals surface area contributed by atoms with Crippen LogP contribution in [0.5, 0.6) is 0 Å². The number of aromatic nitrogens is 2. The van der Waals surface area contributed by atoms with Gasteiger partial charge in [0, 0.05) is 24.9 Å². The number of hydrogen-bond donors (Lipinski definition) is 2. The Labute approximate surface area is 114 Å². The summed E-state index contributed by atoms with van der Waals surface area (Å²) in [5.41, 5.74) is -0.0448. The van der Waals surface area contributed by atoms with E-state index < -0.39 is 12.0 Å². The molecule has 2 N–H and O–H groups in total. The molecule has 2 heterocycles. The van der Waals surface area contributed by atoms with Crippen molar-refractivity contribution >= 4 is 5.91 Å². The molecule has 0 aliphatic heterocycles. The molecule has 2 aromatic heterocycles. The quantitative estimate of drug-likeness (QED) is 0.797. The van der Waals surface area contributed by atoms with E-state index in [-0.39, 0.29) is 24.3 Å². The van der Waals surface area contributed by atoms with Gasteiger partial charge in [0.2, 0.25) is 0 Å². The molecular formula is C13H15N3O4. The van der Waals surface area contributed by atoms with Crippen molar-refractivity contribution in [1.82, 2.24) is 15.0 Å².